The van der Waals surface area contributed by atoms with E-state index in [-0.39, 0.29) is 0 Å². The zero-order valence-electron chi connectivity index (χ0n) is 11.9. The van der Waals surface area contributed by atoms with Gasteiger partial charge in [-0.3, -0.25) is 0 Å². The van der Waals surface area contributed by atoms with Crippen molar-refractivity contribution < 1.29 is 0 Å². The molecule has 0 spiro atoms. The van der Waals surface area contributed by atoms with Gasteiger partial charge in [0.2, 0.25) is 0 Å². The fourth-order valence-electron chi connectivity index (χ4n) is 2.64. The summed E-state index contributed by atoms with van der Waals surface area (Å²) in [5.74, 6) is 0.822. The number of halogens is 1. The molecule has 0 radical (unpaired) electrons. The number of nitrogens with zero attached hydrogens (tertiary/aromatic N) is 3. The molecule has 0 aliphatic carbocycles. The molecule has 0 N–H and O–H groups in total. The lowest BCUT2D eigenvalue weighted by molar-refractivity contribution is 0.782. The van der Waals surface area contributed by atoms with Crippen LogP contribution in [0, 0.1) is 13.8 Å². The van der Waals surface area contributed by atoms with Crippen molar-refractivity contribution in [2.75, 3.05) is 18.0 Å². The van der Waals surface area contributed by atoms with Crippen LogP contribution in [0.15, 0.2) is 24.3 Å². The molecule has 0 fully saturated rings. The van der Waals surface area contributed by atoms with E-state index >= 15 is 0 Å². The van der Waals surface area contributed by atoms with E-state index in [4.69, 9.17) is 11.6 Å². The Morgan fingerprint density at radius 1 is 0.950 bits per heavy atom. The van der Waals surface area contributed by atoms with E-state index in [1.54, 1.807) is 0 Å². The lowest BCUT2D eigenvalue weighted by atomic mass is 10.0. The predicted octanol–water partition coefficient (Wildman–Crippen LogP) is 3.35. The molecule has 1 aliphatic rings. The van der Waals surface area contributed by atoms with Crippen LogP contribution >= 0.6 is 11.6 Å². The summed E-state index contributed by atoms with van der Waals surface area (Å²) in [6, 6.07) is 8.65. The number of hydrogen-bond acceptors (Lipinski definition) is 3. The van der Waals surface area contributed by atoms with Gasteiger partial charge < -0.3 is 4.90 Å². The summed E-state index contributed by atoms with van der Waals surface area (Å²) in [5, 5.41) is 0.513. The summed E-state index contributed by atoms with van der Waals surface area (Å²) in [7, 11) is 0. The van der Waals surface area contributed by atoms with Crippen molar-refractivity contribution in [1.82, 2.24) is 9.97 Å². The van der Waals surface area contributed by atoms with Crippen LogP contribution in [-0.2, 0) is 12.8 Å². The summed E-state index contributed by atoms with van der Waals surface area (Å²) < 4.78 is 0. The number of aromatic nitrogens is 2. The Labute approximate surface area is 124 Å². The van der Waals surface area contributed by atoms with Crippen LogP contribution in [0.2, 0.25) is 5.15 Å². The molecule has 3 rings (SSSR count). The first kappa shape index (κ1) is 13.4. The van der Waals surface area contributed by atoms with Gasteiger partial charge in [0.1, 0.15) is 0 Å². The van der Waals surface area contributed by atoms with E-state index in [1.165, 1.54) is 11.1 Å². The third-order valence-electron chi connectivity index (χ3n) is 3.97. The fourth-order valence-corrected chi connectivity index (χ4v) is 2.93. The zero-order chi connectivity index (χ0) is 14.1. The Morgan fingerprint density at radius 2 is 1.50 bits per heavy atom. The second-order valence-corrected chi connectivity index (χ2v) is 5.62. The molecule has 0 bridgehead atoms. The van der Waals surface area contributed by atoms with Crippen LogP contribution < -0.4 is 4.90 Å². The van der Waals surface area contributed by atoms with E-state index in [0.717, 1.165) is 43.1 Å². The molecule has 20 heavy (non-hydrogen) atoms. The molecule has 1 aliphatic heterocycles. The summed E-state index contributed by atoms with van der Waals surface area (Å²) >= 11 is 6.28. The number of aryl methyl sites for hydroxylation is 2. The number of hydrogen-bond donors (Lipinski definition) is 0. The molecular formula is C16H18ClN3. The highest BCUT2D eigenvalue weighted by atomic mass is 35.5. The molecule has 0 unspecified atom stereocenters. The van der Waals surface area contributed by atoms with E-state index in [0.29, 0.717) is 5.15 Å². The van der Waals surface area contributed by atoms with Gasteiger partial charge in [-0.2, -0.15) is 0 Å². The molecule has 2 heterocycles. The largest absolute Gasteiger partial charge is 0.353 e. The first-order valence-corrected chi connectivity index (χ1v) is 7.35. The van der Waals surface area contributed by atoms with E-state index in [1.807, 2.05) is 13.8 Å². The lowest BCUT2D eigenvalue weighted by Crippen LogP contribution is -2.27. The quantitative estimate of drug-likeness (QED) is 0.805. The van der Waals surface area contributed by atoms with Crippen molar-refractivity contribution in [1.29, 1.82) is 0 Å². The van der Waals surface area contributed by atoms with Gasteiger partial charge in [0.15, 0.2) is 11.0 Å². The zero-order valence-corrected chi connectivity index (χ0v) is 12.6. The Bertz CT molecular complexity index is 613. The monoisotopic (exact) mass is 287 g/mol. The van der Waals surface area contributed by atoms with Gasteiger partial charge in [0, 0.05) is 13.1 Å². The van der Waals surface area contributed by atoms with Gasteiger partial charge in [-0.1, -0.05) is 35.9 Å². The van der Waals surface area contributed by atoms with Gasteiger partial charge in [-0.15, -0.1) is 0 Å². The standard InChI is InChI=1S/C16H18ClN3/c1-11-12(2)19-16(15(17)18-11)20-9-7-13-5-3-4-6-14(13)8-10-20/h3-6H,7-10H2,1-2H3. The van der Waals surface area contributed by atoms with Crippen molar-refractivity contribution in [2.24, 2.45) is 0 Å². The van der Waals surface area contributed by atoms with Gasteiger partial charge in [-0.05, 0) is 37.8 Å². The Balaban J connectivity index is 1.89. The Hall–Kier alpha value is -1.61. The van der Waals surface area contributed by atoms with E-state index in [9.17, 15) is 0 Å². The number of benzene rings is 1. The second kappa shape index (κ2) is 5.41. The molecule has 104 valence electrons. The highest BCUT2D eigenvalue weighted by Crippen LogP contribution is 2.25. The molecule has 0 atom stereocenters. The highest BCUT2D eigenvalue weighted by Gasteiger charge is 2.18. The smallest absolute Gasteiger partial charge is 0.171 e. The Kier molecular flexibility index (Phi) is 3.62. The maximum Gasteiger partial charge on any atom is 0.171 e. The van der Waals surface area contributed by atoms with Gasteiger partial charge in [0.25, 0.3) is 0 Å². The first-order chi connectivity index (χ1) is 9.65. The summed E-state index contributed by atoms with van der Waals surface area (Å²) in [6.07, 6.45) is 2.06. The highest BCUT2D eigenvalue weighted by molar-refractivity contribution is 6.31. The minimum Gasteiger partial charge on any atom is -0.353 e. The molecule has 1 aromatic carbocycles. The average Bonchev–Trinajstić information content (AvgIpc) is 2.65. The van der Waals surface area contributed by atoms with Gasteiger partial charge in [0.05, 0.1) is 11.4 Å². The average molecular weight is 288 g/mol. The maximum atomic E-state index is 6.28. The number of anilines is 1. The molecular weight excluding hydrogens is 270 g/mol. The maximum absolute atomic E-state index is 6.28. The van der Waals surface area contributed by atoms with E-state index in [2.05, 4.69) is 39.1 Å². The minimum atomic E-state index is 0.513. The molecule has 4 heteroatoms. The van der Waals surface area contributed by atoms with Crippen molar-refractivity contribution >= 4 is 17.4 Å². The molecule has 0 saturated carbocycles. The molecule has 0 amide bonds. The Morgan fingerprint density at radius 3 is 2.10 bits per heavy atom. The minimum absolute atomic E-state index is 0.513. The van der Waals surface area contributed by atoms with Crippen LogP contribution in [0.1, 0.15) is 22.5 Å². The third kappa shape index (κ3) is 2.50. The van der Waals surface area contributed by atoms with Gasteiger partial charge >= 0.3 is 0 Å². The van der Waals surface area contributed by atoms with E-state index < -0.39 is 0 Å². The summed E-state index contributed by atoms with van der Waals surface area (Å²) in [4.78, 5) is 11.3. The third-order valence-corrected chi connectivity index (χ3v) is 4.22. The molecule has 2 aromatic rings. The van der Waals surface area contributed by atoms with Gasteiger partial charge in [-0.25, -0.2) is 9.97 Å². The topological polar surface area (TPSA) is 29.0 Å². The van der Waals surface area contributed by atoms with Crippen molar-refractivity contribution in [3.05, 3.63) is 51.9 Å². The van der Waals surface area contributed by atoms with Crippen LogP contribution in [-0.4, -0.2) is 23.1 Å². The van der Waals surface area contributed by atoms with Crippen LogP contribution in [0.25, 0.3) is 0 Å². The summed E-state index contributed by atoms with van der Waals surface area (Å²) in [5.41, 5.74) is 4.72. The van der Waals surface area contributed by atoms with Crippen molar-refractivity contribution in [2.45, 2.75) is 26.7 Å². The second-order valence-electron chi connectivity index (χ2n) is 5.26. The molecule has 3 nitrogen and oxygen atoms in total. The SMILES string of the molecule is Cc1nc(Cl)c(N2CCc3ccccc3CC2)nc1C. The number of rotatable bonds is 1. The summed E-state index contributed by atoms with van der Waals surface area (Å²) in [6.45, 7) is 5.80. The molecule has 1 aromatic heterocycles. The first-order valence-electron chi connectivity index (χ1n) is 6.97. The van der Waals surface area contributed by atoms with Crippen LogP contribution in [0.3, 0.4) is 0 Å². The fraction of sp³-hybridized carbons (Fsp3) is 0.375. The van der Waals surface area contributed by atoms with Crippen LogP contribution in [0.4, 0.5) is 5.82 Å². The predicted molar refractivity (Wildman–Crippen MR) is 82.6 cm³/mol. The lowest BCUT2D eigenvalue weighted by Gasteiger charge is -2.22. The van der Waals surface area contributed by atoms with Crippen molar-refractivity contribution in [3.63, 3.8) is 0 Å². The van der Waals surface area contributed by atoms with Crippen molar-refractivity contribution in [3.8, 4) is 0 Å². The molecule has 0 saturated heterocycles. The van der Waals surface area contributed by atoms with Crippen LogP contribution in [0.5, 0.6) is 0 Å². The number of fused-ring (bicyclic) bond motifs is 1. The normalized spacial score (nSPS) is 14.8.